The minimum absolute atomic E-state index is 0.0444. The van der Waals surface area contributed by atoms with Crippen molar-refractivity contribution in [2.24, 2.45) is 0 Å². The summed E-state index contributed by atoms with van der Waals surface area (Å²) in [4.78, 5) is 22.4. The number of amides is 2. The molecule has 1 fully saturated rings. The summed E-state index contributed by atoms with van der Waals surface area (Å²) in [5, 5.41) is 7.99. The lowest BCUT2D eigenvalue weighted by Crippen LogP contribution is -2.62. The Labute approximate surface area is 128 Å². The molecule has 0 spiro atoms. The molecule has 2 amide bonds. The van der Waals surface area contributed by atoms with Crippen molar-refractivity contribution in [3.63, 3.8) is 0 Å². The van der Waals surface area contributed by atoms with Gasteiger partial charge in [-0.05, 0) is 40.5 Å². The maximum absolute atomic E-state index is 12.0. The molecule has 0 aromatic rings. The summed E-state index contributed by atoms with van der Waals surface area (Å²) < 4.78 is 36.0. The van der Waals surface area contributed by atoms with Gasteiger partial charge in [-0.1, -0.05) is 0 Å². The molecule has 0 unspecified atom stereocenters. The van der Waals surface area contributed by atoms with Crippen molar-refractivity contribution in [2.75, 3.05) is 6.54 Å². The average Bonchev–Trinajstić information content (AvgIpc) is 2.22. The molecule has 0 aromatic heterocycles. The zero-order valence-electron chi connectivity index (χ0n) is 13.4. The van der Waals surface area contributed by atoms with Crippen LogP contribution in [0.4, 0.5) is 13.2 Å². The molecule has 22 heavy (non-hydrogen) atoms. The van der Waals surface area contributed by atoms with Crippen LogP contribution >= 0.6 is 0 Å². The highest BCUT2D eigenvalue weighted by Gasteiger charge is 2.39. The highest BCUT2D eigenvalue weighted by atomic mass is 19.4. The third-order valence-corrected chi connectivity index (χ3v) is 3.45. The number of piperidine rings is 1. The van der Waals surface area contributed by atoms with Gasteiger partial charge in [0.2, 0.25) is 5.91 Å². The first-order valence-electron chi connectivity index (χ1n) is 7.24. The first kappa shape index (κ1) is 18.7. The molecular formula is C14H24F3N3O2. The van der Waals surface area contributed by atoms with Gasteiger partial charge in [-0.3, -0.25) is 9.59 Å². The molecule has 0 radical (unpaired) electrons. The summed E-state index contributed by atoms with van der Waals surface area (Å²) in [5.74, 6) is -2.38. The van der Waals surface area contributed by atoms with Crippen LogP contribution in [0.25, 0.3) is 0 Å². The smallest absolute Gasteiger partial charge is 0.353 e. The highest BCUT2D eigenvalue weighted by molar-refractivity contribution is 5.82. The molecule has 1 heterocycles. The zero-order valence-corrected chi connectivity index (χ0v) is 13.4. The summed E-state index contributed by atoms with van der Waals surface area (Å²) in [6.45, 7) is 7.82. The molecule has 0 atom stereocenters. The molecule has 3 N–H and O–H groups in total. The van der Waals surface area contributed by atoms with Gasteiger partial charge in [-0.25, -0.2) is 0 Å². The second-order valence-corrected chi connectivity index (χ2v) is 7.07. The Hall–Kier alpha value is -1.31. The topological polar surface area (TPSA) is 70.2 Å². The quantitative estimate of drug-likeness (QED) is 0.734. The number of halogens is 3. The van der Waals surface area contributed by atoms with Gasteiger partial charge in [0, 0.05) is 30.1 Å². The third kappa shape index (κ3) is 6.21. The predicted molar refractivity (Wildman–Crippen MR) is 76.1 cm³/mol. The fourth-order valence-electron chi connectivity index (χ4n) is 3.11. The average molecular weight is 323 g/mol. The van der Waals surface area contributed by atoms with E-state index in [9.17, 15) is 22.8 Å². The fraction of sp³-hybridized carbons (Fsp3) is 0.857. The van der Waals surface area contributed by atoms with E-state index >= 15 is 0 Å². The van der Waals surface area contributed by atoms with Gasteiger partial charge in [0.05, 0.1) is 0 Å². The van der Waals surface area contributed by atoms with E-state index in [0.29, 0.717) is 0 Å². The zero-order chi connectivity index (χ0) is 17.2. The van der Waals surface area contributed by atoms with Crippen molar-refractivity contribution in [1.29, 1.82) is 0 Å². The van der Waals surface area contributed by atoms with Gasteiger partial charge in [0.15, 0.2) is 0 Å². The van der Waals surface area contributed by atoms with Crippen LogP contribution in [0.1, 0.15) is 47.0 Å². The monoisotopic (exact) mass is 323 g/mol. The van der Waals surface area contributed by atoms with Crippen LogP contribution in [0.5, 0.6) is 0 Å². The van der Waals surface area contributed by atoms with Crippen molar-refractivity contribution in [3.8, 4) is 0 Å². The van der Waals surface area contributed by atoms with E-state index < -0.39 is 12.1 Å². The summed E-state index contributed by atoms with van der Waals surface area (Å²) in [7, 11) is 0. The molecule has 0 aliphatic carbocycles. The van der Waals surface area contributed by atoms with E-state index in [-0.39, 0.29) is 36.0 Å². The number of hydrogen-bond acceptors (Lipinski definition) is 3. The SMILES string of the molecule is CC1(C)CC(NC(=O)CCNC(=O)C(F)(F)F)CC(C)(C)N1. The number of carbonyl (C=O) groups is 2. The minimum Gasteiger partial charge on any atom is -0.353 e. The Balaban J connectivity index is 2.41. The van der Waals surface area contributed by atoms with E-state index in [1.165, 1.54) is 0 Å². The number of rotatable bonds is 4. The van der Waals surface area contributed by atoms with Crippen molar-refractivity contribution in [1.82, 2.24) is 16.0 Å². The summed E-state index contributed by atoms with van der Waals surface area (Å²) in [6.07, 6.45) is -3.62. The Kier molecular flexibility index (Phi) is 5.48. The first-order valence-corrected chi connectivity index (χ1v) is 7.24. The number of carbonyl (C=O) groups excluding carboxylic acids is 2. The minimum atomic E-state index is -4.92. The number of nitrogens with one attached hydrogen (secondary N) is 3. The molecule has 1 saturated heterocycles. The molecule has 0 saturated carbocycles. The van der Waals surface area contributed by atoms with Crippen molar-refractivity contribution in [2.45, 2.75) is 70.3 Å². The summed E-state index contributed by atoms with van der Waals surface area (Å²) in [6, 6.07) is -0.0444. The lowest BCUT2D eigenvalue weighted by atomic mass is 9.79. The van der Waals surface area contributed by atoms with Crippen LogP contribution in [0.2, 0.25) is 0 Å². The van der Waals surface area contributed by atoms with Crippen LogP contribution in [0.3, 0.4) is 0 Å². The molecule has 128 valence electrons. The maximum atomic E-state index is 12.0. The lowest BCUT2D eigenvalue weighted by Gasteiger charge is -2.46. The second-order valence-electron chi connectivity index (χ2n) is 7.07. The van der Waals surface area contributed by atoms with Crippen LogP contribution in [-0.4, -0.2) is 41.7 Å². The summed E-state index contributed by atoms with van der Waals surface area (Å²) in [5.41, 5.74) is -0.269. The van der Waals surface area contributed by atoms with E-state index in [0.717, 1.165) is 12.8 Å². The third-order valence-electron chi connectivity index (χ3n) is 3.45. The second kappa shape index (κ2) is 6.44. The maximum Gasteiger partial charge on any atom is 0.471 e. The van der Waals surface area contributed by atoms with E-state index in [1.54, 1.807) is 5.32 Å². The normalized spacial score (nSPS) is 21.2. The Morgan fingerprint density at radius 1 is 1.14 bits per heavy atom. The largest absolute Gasteiger partial charge is 0.471 e. The summed E-state index contributed by atoms with van der Waals surface area (Å²) >= 11 is 0. The van der Waals surface area contributed by atoms with Crippen LogP contribution in [0, 0.1) is 0 Å². The van der Waals surface area contributed by atoms with E-state index in [1.807, 2.05) is 27.7 Å². The van der Waals surface area contributed by atoms with Gasteiger partial charge >= 0.3 is 12.1 Å². The number of hydrogen-bond donors (Lipinski definition) is 3. The molecular weight excluding hydrogens is 299 g/mol. The van der Waals surface area contributed by atoms with Gasteiger partial charge in [-0.2, -0.15) is 13.2 Å². The molecule has 8 heteroatoms. The van der Waals surface area contributed by atoms with Gasteiger partial charge in [-0.15, -0.1) is 0 Å². The van der Waals surface area contributed by atoms with E-state index in [2.05, 4.69) is 10.6 Å². The molecule has 1 aliphatic rings. The van der Waals surface area contributed by atoms with Crippen molar-refractivity contribution in [3.05, 3.63) is 0 Å². The van der Waals surface area contributed by atoms with Crippen LogP contribution < -0.4 is 16.0 Å². The fourth-order valence-corrected chi connectivity index (χ4v) is 3.11. The molecule has 1 rings (SSSR count). The highest BCUT2D eigenvalue weighted by Crippen LogP contribution is 2.28. The molecule has 0 bridgehead atoms. The Bertz CT molecular complexity index is 418. The molecule has 1 aliphatic heterocycles. The lowest BCUT2D eigenvalue weighted by molar-refractivity contribution is -0.173. The molecule has 5 nitrogen and oxygen atoms in total. The Morgan fingerprint density at radius 2 is 1.64 bits per heavy atom. The van der Waals surface area contributed by atoms with Gasteiger partial charge < -0.3 is 16.0 Å². The van der Waals surface area contributed by atoms with Crippen LogP contribution in [-0.2, 0) is 9.59 Å². The van der Waals surface area contributed by atoms with Crippen LogP contribution in [0.15, 0.2) is 0 Å². The van der Waals surface area contributed by atoms with Gasteiger partial charge in [0.25, 0.3) is 0 Å². The van der Waals surface area contributed by atoms with Gasteiger partial charge in [0.1, 0.15) is 0 Å². The first-order chi connectivity index (χ1) is 9.81. The standard InChI is InChI=1S/C14H24F3N3O2/c1-12(2)7-9(8-13(3,4)20-12)19-10(21)5-6-18-11(22)14(15,16)17/h9,20H,5-8H2,1-4H3,(H,18,22)(H,19,21). The van der Waals surface area contributed by atoms with Crippen molar-refractivity contribution < 1.29 is 22.8 Å². The molecule has 0 aromatic carbocycles. The van der Waals surface area contributed by atoms with E-state index in [4.69, 9.17) is 0 Å². The van der Waals surface area contributed by atoms with Crippen molar-refractivity contribution >= 4 is 11.8 Å². The Morgan fingerprint density at radius 3 is 2.09 bits per heavy atom. The predicted octanol–water partition coefficient (Wildman–Crippen LogP) is 1.48. The number of alkyl halides is 3.